The normalized spacial score (nSPS) is 18.6. The van der Waals surface area contributed by atoms with Crippen molar-refractivity contribution in [3.05, 3.63) is 23.8 Å². The van der Waals surface area contributed by atoms with Gasteiger partial charge in [-0.1, -0.05) is 6.92 Å². The monoisotopic (exact) mass is 249 g/mol. The number of hydrogen-bond donors (Lipinski definition) is 2. The molecule has 0 radical (unpaired) electrons. The van der Waals surface area contributed by atoms with E-state index in [1.54, 1.807) is 0 Å². The van der Waals surface area contributed by atoms with E-state index >= 15 is 0 Å². The molecule has 5 heteroatoms. The fourth-order valence-corrected chi connectivity index (χ4v) is 2.27. The fraction of sp³-hybridized carbons (Fsp3) is 0.615. The highest BCUT2D eigenvalue weighted by Gasteiger charge is 2.27. The molecule has 18 heavy (non-hydrogen) atoms. The van der Waals surface area contributed by atoms with Gasteiger partial charge in [-0.05, 0) is 31.3 Å². The number of carbonyl (C=O) groups excluding carboxylic acids is 1. The largest absolute Gasteiger partial charge is 0.388 e. The number of carbonyl (C=O) groups is 1. The van der Waals surface area contributed by atoms with E-state index in [1.807, 2.05) is 0 Å². The molecule has 0 spiro atoms. The molecule has 1 saturated heterocycles. The van der Waals surface area contributed by atoms with Crippen LogP contribution in [0, 0.1) is 5.41 Å². The molecule has 1 aliphatic heterocycles. The molecule has 0 bridgehead atoms. The summed E-state index contributed by atoms with van der Waals surface area (Å²) in [6.07, 6.45) is 6.08. The number of nitrogens with one attached hydrogen (secondary N) is 1. The highest BCUT2D eigenvalue weighted by molar-refractivity contribution is 5.96. The molecule has 5 nitrogen and oxygen atoms in total. The predicted octanol–water partition coefficient (Wildman–Crippen LogP) is 0.584. The molecule has 0 aromatic carbocycles. The van der Waals surface area contributed by atoms with Gasteiger partial charge in [0.25, 0.3) is 0 Å². The SMILES string of the molecule is CC1(Cc2ncc(C(=O)CO)cn2)CCNCC1. The third-order valence-corrected chi connectivity index (χ3v) is 3.57. The standard InChI is InChI=1S/C13H19N3O2/c1-13(2-4-14-5-3-13)6-12-15-7-10(8-16-12)11(18)9-17/h7-8,14,17H,2-6,9H2,1H3. The molecular formula is C13H19N3O2. The Labute approximate surface area is 107 Å². The van der Waals surface area contributed by atoms with Crippen LogP contribution in [0.3, 0.4) is 0 Å². The van der Waals surface area contributed by atoms with Crippen LogP contribution in [0.25, 0.3) is 0 Å². The summed E-state index contributed by atoms with van der Waals surface area (Å²) in [4.78, 5) is 19.7. The summed E-state index contributed by atoms with van der Waals surface area (Å²) in [6.45, 7) is 3.84. The molecule has 2 heterocycles. The Morgan fingerprint density at radius 1 is 1.39 bits per heavy atom. The van der Waals surface area contributed by atoms with Gasteiger partial charge in [0.15, 0.2) is 5.78 Å². The molecule has 2 rings (SSSR count). The lowest BCUT2D eigenvalue weighted by Gasteiger charge is -2.33. The van der Waals surface area contributed by atoms with E-state index in [4.69, 9.17) is 5.11 Å². The van der Waals surface area contributed by atoms with Crippen LogP contribution in [0.15, 0.2) is 12.4 Å². The smallest absolute Gasteiger partial charge is 0.191 e. The van der Waals surface area contributed by atoms with Gasteiger partial charge in [-0.15, -0.1) is 0 Å². The van der Waals surface area contributed by atoms with Gasteiger partial charge >= 0.3 is 0 Å². The zero-order valence-electron chi connectivity index (χ0n) is 10.6. The van der Waals surface area contributed by atoms with Gasteiger partial charge in [0.1, 0.15) is 12.4 Å². The van der Waals surface area contributed by atoms with E-state index in [2.05, 4.69) is 22.2 Å². The van der Waals surface area contributed by atoms with Crippen LogP contribution in [0.4, 0.5) is 0 Å². The maximum Gasteiger partial charge on any atom is 0.191 e. The highest BCUT2D eigenvalue weighted by Crippen LogP contribution is 2.30. The van der Waals surface area contributed by atoms with Gasteiger partial charge < -0.3 is 10.4 Å². The van der Waals surface area contributed by atoms with Crippen molar-refractivity contribution in [2.75, 3.05) is 19.7 Å². The minimum absolute atomic E-state index is 0.244. The summed E-state index contributed by atoms with van der Waals surface area (Å²) in [5.41, 5.74) is 0.616. The zero-order chi connectivity index (χ0) is 13.0. The second kappa shape index (κ2) is 5.54. The first-order chi connectivity index (χ1) is 8.63. The summed E-state index contributed by atoms with van der Waals surface area (Å²) in [5, 5.41) is 12.1. The maximum absolute atomic E-state index is 11.2. The number of ketones is 1. The van der Waals surface area contributed by atoms with Crippen molar-refractivity contribution in [3.63, 3.8) is 0 Å². The molecule has 1 aromatic heterocycles. The number of rotatable bonds is 4. The lowest BCUT2D eigenvalue weighted by Crippen LogP contribution is -2.36. The van der Waals surface area contributed by atoms with E-state index in [1.165, 1.54) is 12.4 Å². The Hall–Kier alpha value is -1.33. The van der Waals surface area contributed by atoms with Crippen molar-refractivity contribution < 1.29 is 9.90 Å². The van der Waals surface area contributed by atoms with E-state index in [0.29, 0.717) is 5.56 Å². The fourth-order valence-electron chi connectivity index (χ4n) is 2.27. The Kier molecular flexibility index (Phi) is 4.04. The number of aliphatic hydroxyl groups is 1. The first-order valence-electron chi connectivity index (χ1n) is 6.29. The van der Waals surface area contributed by atoms with Crippen LogP contribution in [0.1, 0.15) is 35.9 Å². The van der Waals surface area contributed by atoms with Gasteiger partial charge in [-0.3, -0.25) is 4.79 Å². The number of hydrogen-bond acceptors (Lipinski definition) is 5. The predicted molar refractivity (Wildman–Crippen MR) is 67.4 cm³/mol. The average molecular weight is 249 g/mol. The number of nitrogens with zero attached hydrogens (tertiary/aromatic N) is 2. The van der Waals surface area contributed by atoms with Crippen LogP contribution < -0.4 is 5.32 Å². The van der Waals surface area contributed by atoms with Crippen LogP contribution in [-0.4, -0.2) is 40.6 Å². The van der Waals surface area contributed by atoms with Crippen LogP contribution >= 0.6 is 0 Å². The Bertz CT molecular complexity index is 411. The molecule has 0 atom stereocenters. The number of piperidine rings is 1. The van der Waals surface area contributed by atoms with E-state index in [-0.39, 0.29) is 11.2 Å². The molecule has 1 fully saturated rings. The van der Waals surface area contributed by atoms with E-state index < -0.39 is 6.61 Å². The molecule has 0 saturated carbocycles. The van der Waals surface area contributed by atoms with Gasteiger partial charge in [0.05, 0.1) is 5.56 Å². The van der Waals surface area contributed by atoms with Gasteiger partial charge in [0.2, 0.25) is 0 Å². The van der Waals surface area contributed by atoms with E-state index in [9.17, 15) is 4.79 Å². The van der Waals surface area contributed by atoms with Crippen molar-refractivity contribution >= 4 is 5.78 Å². The summed E-state index contributed by atoms with van der Waals surface area (Å²) in [7, 11) is 0. The van der Waals surface area contributed by atoms with Gasteiger partial charge in [-0.2, -0.15) is 0 Å². The van der Waals surface area contributed by atoms with E-state index in [0.717, 1.165) is 38.2 Å². The van der Waals surface area contributed by atoms with Crippen LogP contribution in [0.5, 0.6) is 0 Å². The Morgan fingerprint density at radius 3 is 2.56 bits per heavy atom. The first kappa shape index (κ1) is 13.1. The number of aliphatic hydroxyl groups excluding tert-OH is 1. The van der Waals surface area contributed by atoms with Gasteiger partial charge in [-0.25, -0.2) is 9.97 Å². The van der Waals surface area contributed by atoms with Crippen molar-refractivity contribution in [2.45, 2.75) is 26.2 Å². The molecule has 1 aromatic rings. The van der Waals surface area contributed by atoms with Crippen molar-refractivity contribution in [3.8, 4) is 0 Å². The lowest BCUT2D eigenvalue weighted by atomic mass is 9.78. The minimum atomic E-state index is -0.494. The van der Waals surface area contributed by atoms with Crippen LogP contribution in [-0.2, 0) is 6.42 Å². The second-order valence-corrected chi connectivity index (χ2v) is 5.21. The van der Waals surface area contributed by atoms with Crippen LogP contribution in [0.2, 0.25) is 0 Å². The third kappa shape index (κ3) is 3.11. The summed E-state index contributed by atoms with van der Waals surface area (Å²) in [6, 6.07) is 0. The molecule has 0 aliphatic carbocycles. The summed E-state index contributed by atoms with van der Waals surface area (Å²) in [5.74, 6) is 0.434. The quantitative estimate of drug-likeness (QED) is 0.764. The lowest BCUT2D eigenvalue weighted by molar-refractivity contribution is 0.0903. The Balaban J connectivity index is 2.03. The molecule has 0 amide bonds. The zero-order valence-corrected chi connectivity index (χ0v) is 10.6. The van der Waals surface area contributed by atoms with Gasteiger partial charge in [0, 0.05) is 18.8 Å². The number of aromatic nitrogens is 2. The molecule has 1 aliphatic rings. The van der Waals surface area contributed by atoms with Crippen molar-refractivity contribution in [1.29, 1.82) is 0 Å². The van der Waals surface area contributed by atoms with Crippen molar-refractivity contribution in [1.82, 2.24) is 15.3 Å². The van der Waals surface area contributed by atoms with Crippen molar-refractivity contribution in [2.24, 2.45) is 5.41 Å². The topological polar surface area (TPSA) is 75.1 Å². The minimum Gasteiger partial charge on any atom is -0.388 e. The highest BCUT2D eigenvalue weighted by atomic mass is 16.3. The molecular weight excluding hydrogens is 230 g/mol. The Morgan fingerprint density at radius 2 is 2.00 bits per heavy atom. The number of Topliss-reactive ketones (excluding diaryl/α,β-unsaturated/α-hetero) is 1. The molecule has 0 unspecified atom stereocenters. The second-order valence-electron chi connectivity index (χ2n) is 5.21. The maximum atomic E-state index is 11.2. The third-order valence-electron chi connectivity index (χ3n) is 3.57. The summed E-state index contributed by atoms with van der Waals surface area (Å²) >= 11 is 0. The summed E-state index contributed by atoms with van der Waals surface area (Å²) < 4.78 is 0. The molecule has 2 N–H and O–H groups in total. The average Bonchev–Trinajstić information content (AvgIpc) is 2.39. The molecule has 98 valence electrons. The first-order valence-corrected chi connectivity index (χ1v) is 6.29.